The van der Waals surface area contributed by atoms with Gasteiger partial charge >= 0.3 is 5.97 Å². The number of ketones is 1. The summed E-state index contributed by atoms with van der Waals surface area (Å²) >= 11 is 5.85. The summed E-state index contributed by atoms with van der Waals surface area (Å²) in [4.78, 5) is 38.9. The smallest absolute Gasteiger partial charge is 0.355 e. The van der Waals surface area contributed by atoms with Crippen molar-refractivity contribution in [3.8, 4) is 0 Å². The molecule has 26 heavy (non-hydrogen) atoms. The summed E-state index contributed by atoms with van der Waals surface area (Å²) in [6.07, 6.45) is -1.13. The zero-order valence-corrected chi connectivity index (χ0v) is 15.5. The molecule has 0 radical (unpaired) electrons. The molecule has 2 aromatic rings. The summed E-state index contributed by atoms with van der Waals surface area (Å²) in [5.41, 5.74) is 1.76. The number of H-pyrrole nitrogens is 1. The Kier molecular flexibility index (Phi) is 5.82. The maximum atomic E-state index is 13.0. The first-order valence-corrected chi connectivity index (χ1v) is 8.16. The van der Waals surface area contributed by atoms with Gasteiger partial charge in [-0.05, 0) is 51.5 Å². The van der Waals surface area contributed by atoms with Gasteiger partial charge in [-0.25, -0.2) is 9.18 Å². The van der Waals surface area contributed by atoms with Crippen LogP contribution in [0.4, 0.5) is 10.1 Å². The second kappa shape index (κ2) is 7.70. The molecule has 0 aliphatic carbocycles. The van der Waals surface area contributed by atoms with E-state index in [0.29, 0.717) is 16.8 Å². The van der Waals surface area contributed by atoms with Crippen molar-refractivity contribution in [2.24, 2.45) is 0 Å². The Hall–Kier alpha value is -2.67. The van der Waals surface area contributed by atoms with Crippen LogP contribution in [-0.4, -0.2) is 28.7 Å². The Morgan fingerprint density at radius 3 is 2.46 bits per heavy atom. The molecule has 138 valence electrons. The third-order valence-corrected chi connectivity index (χ3v) is 4.15. The van der Waals surface area contributed by atoms with Crippen molar-refractivity contribution in [2.45, 2.75) is 33.8 Å². The van der Waals surface area contributed by atoms with Crippen LogP contribution in [-0.2, 0) is 9.53 Å². The monoisotopic (exact) mass is 380 g/mol. The van der Waals surface area contributed by atoms with Crippen molar-refractivity contribution >= 4 is 34.9 Å². The Balaban J connectivity index is 2.10. The normalized spacial score (nSPS) is 11.8. The van der Waals surface area contributed by atoms with Gasteiger partial charge in [-0.3, -0.25) is 9.59 Å². The Bertz CT molecular complexity index is 892. The predicted molar refractivity (Wildman–Crippen MR) is 95.2 cm³/mol. The number of hydrogen-bond donors (Lipinski definition) is 2. The first-order chi connectivity index (χ1) is 12.1. The molecule has 1 aromatic carbocycles. The van der Waals surface area contributed by atoms with E-state index in [1.165, 1.54) is 19.9 Å². The van der Waals surface area contributed by atoms with Gasteiger partial charge < -0.3 is 15.0 Å². The first kappa shape index (κ1) is 19.7. The summed E-state index contributed by atoms with van der Waals surface area (Å²) in [6, 6.07) is 3.51. The van der Waals surface area contributed by atoms with E-state index >= 15 is 0 Å². The molecule has 0 bridgehead atoms. The molecule has 0 fully saturated rings. The number of ether oxygens (including phenoxy) is 1. The summed E-state index contributed by atoms with van der Waals surface area (Å²) in [5.74, 6) is -2.09. The highest BCUT2D eigenvalue weighted by atomic mass is 35.5. The Morgan fingerprint density at radius 2 is 1.92 bits per heavy atom. The number of Topliss-reactive ketones (excluding diaryl/α,β-unsaturated/α-hetero) is 1. The van der Waals surface area contributed by atoms with Crippen molar-refractivity contribution in [1.29, 1.82) is 0 Å². The molecule has 1 amide bonds. The van der Waals surface area contributed by atoms with Crippen molar-refractivity contribution in [1.82, 2.24) is 4.98 Å². The average molecular weight is 381 g/mol. The maximum absolute atomic E-state index is 13.0. The van der Waals surface area contributed by atoms with Gasteiger partial charge in [0.2, 0.25) is 0 Å². The molecule has 1 heterocycles. The van der Waals surface area contributed by atoms with Crippen LogP contribution in [0.5, 0.6) is 0 Å². The van der Waals surface area contributed by atoms with E-state index in [-0.39, 0.29) is 22.2 Å². The lowest BCUT2D eigenvalue weighted by Crippen LogP contribution is -2.30. The van der Waals surface area contributed by atoms with Crippen LogP contribution in [0.1, 0.15) is 46.0 Å². The van der Waals surface area contributed by atoms with Crippen LogP contribution >= 0.6 is 11.6 Å². The number of anilines is 1. The summed E-state index contributed by atoms with van der Waals surface area (Å²) in [5, 5.41) is 2.49. The SMILES string of the molecule is CC(=O)c1c(C)[nH]c(C(=O)O[C@@H](C)C(=O)Nc2ccc(F)cc2Cl)c1C. The lowest BCUT2D eigenvalue weighted by Gasteiger charge is -2.14. The van der Waals surface area contributed by atoms with Gasteiger partial charge in [-0.2, -0.15) is 0 Å². The molecule has 0 spiro atoms. The second-order valence-corrected chi connectivity index (χ2v) is 6.25. The quantitative estimate of drug-likeness (QED) is 0.609. The minimum absolute atomic E-state index is 0.0267. The van der Waals surface area contributed by atoms with Crippen molar-refractivity contribution in [3.05, 3.63) is 51.6 Å². The number of benzene rings is 1. The molecule has 0 aliphatic rings. The van der Waals surface area contributed by atoms with Crippen LogP contribution in [0.15, 0.2) is 18.2 Å². The Labute approximate surface area is 154 Å². The summed E-state index contributed by atoms with van der Waals surface area (Å²) in [6.45, 7) is 6.09. The Morgan fingerprint density at radius 1 is 1.27 bits per heavy atom. The number of rotatable bonds is 5. The molecule has 2 rings (SSSR count). The molecule has 8 heteroatoms. The zero-order valence-electron chi connectivity index (χ0n) is 14.7. The first-order valence-electron chi connectivity index (χ1n) is 7.78. The van der Waals surface area contributed by atoms with E-state index in [1.807, 2.05) is 0 Å². The standard InChI is InChI=1S/C18H18ClFN2O4/c1-8-15(10(3)23)9(2)21-16(8)18(25)26-11(4)17(24)22-14-6-5-12(20)7-13(14)19/h5-7,11,21H,1-4H3,(H,22,24)/t11-/m0/s1. The average Bonchev–Trinajstić information content (AvgIpc) is 2.84. The summed E-state index contributed by atoms with van der Waals surface area (Å²) < 4.78 is 18.2. The lowest BCUT2D eigenvalue weighted by atomic mass is 10.1. The van der Waals surface area contributed by atoms with Gasteiger partial charge in [-0.15, -0.1) is 0 Å². The van der Waals surface area contributed by atoms with Crippen molar-refractivity contribution in [3.63, 3.8) is 0 Å². The van der Waals surface area contributed by atoms with Crippen LogP contribution < -0.4 is 5.32 Å². The molecule has 0 aliphatic heterocycles. The van der Waals surface area contributed by atoms with Crippen molar-refractivity contribution < 1.29 is 23.5 Å². The molecule has 0 saturated carbocycles. The topological polar surface area (TPSA) is 88.3 Å². The highest BCUT2D eigenvalue weighted by Crippen LogP contribution is 2.23. The second-order valence-electron chi connectivity index (χ2n) is 5.84. The van der Waals surface area contributed by atoms with Gasteiger partial charge in [0.15, 0.2) is 11.9 Å². The number of aromatic amines is 1. The highest BCUT2D eigenvalue weighted by molar-refractivity contribution is 6.33. The van der Waals surface area contributed by atoms with Crippen LogP contribution in [0.2, 0.25) is 5.02 Å². The molecule has 1 atom stereocenters. The number of nitrogens with one attached hydrogen (secondary N) is 2. The number of aromatic nitrogens is 1. The molecular weight excluding hydrogens is 363 g/mol. The van der Waals surface area contributed by atoms with E-state index < -0.39 is 23.8 Å². The van der Waals surface area contributed by atoms with Gasteiger partial charge in [-0.1, -0.05) is 11.6 Å². The highest BCUT2D eigenvalue weighted by Gasteiger charge is 2.25. The number of hydrogen-bond acceptors (Lipinski definition) is 4. The minimum Gasteiger partial charge on any atom is -0.448 e. The fourth-order valence-corrected chi connectivity index (χ4v) is 2.79. The van der Waals surface area contributed by atoms with Crippen LogP contribution in [0, 0.1) is 19.7 Å². The van der Waals surface area contributed by atoms with E-state index in [0.717, 1.165) is 12.1 Å². The molecule has 6 nitrogen and oxygen atoms in total. The number of halogens is 2. The number of esters is 1. The number of carbonyl (C=O) groups is 3. The van der Waals surface area contributed by atoms with Gasteiger partial charge in [0.1, 0.15) is 11.5 Å². The maximum Gasteiger partial charge on any atom is 0.355 e. The lowest BCUT2D eigenvalue weighted by molar-refractivity contribution is -0.123. The van der Waals surface area contributed by atoms with Crippen molar-refractivity contribution in [2.75, 3.05) is 5.32 Å². The van der Waals surface area contributed by atoms with Gasteiger partial charge in [0.05, 0.1) is 10.7 Å². The van der Waals surface area contributed by atoms with E-state index in [1.54, 1.807) is 13.8 Å². The number of carbonyl (C=O) groups excluding carboxylic acids is 3. The molecule has 0 unspecified atom stereocenters. The molecule has 0 saturated heterocycles. The third-order valence-electron chi connectivity index (χ3n) is 3.84. The fourth-order valence-electron chi connectivity index (χ4n) is 2.58. The molecule has 1 aromatic heterocycles. The number of amides is 1. The van der Waals surface area contributed by atoms with E-state index in [9.17, 15) is 18.8 Å². The van der Waals surface area contributed by atoms with Crippen LogP contribution in [0.25, 0.3) is 0 Å². The minimum atomic E-state index is -1.13. The number of aryl methyl sites for hydroxylation is 1. The zero-order chi connectivity index (χ0) is 19.6. The summed E-state index contributed by atoms with van der Waals surface area (Å²) in [7, 11) is 0. The largest absolute Gasteiger partial charge is 0.448 e. The fraction of sp³-hybridized carbons (Fsp3) is 0.278. The predicted octanol–water partition coefficient (Wildman–Crippen LogP) is 3.81. The van der Waals surface area contributed by atoms with Gasteiger partial charge in [0.25, 0.3) is 5.91 Å². The van der Waals surface area contributed by atoms with Crippen LogP contribution in [0.3, 0.4) is 0 Å². The van der Waals surface area contributed by atoms with E-state index in [4.69, 9.17) is 16.3 Å². The van der Waals surface area contributed by atoms with Gasteiger partial charge in [0, 0.05) is 11.3 Å². The third kappa shape index (κ3) is 4.11. The molecule has 2 N–H and O–H groups in total. The van der Waals surface area contributed by atoms with E-state index in [2.05, 4.69) is 10.3 Å². The molecular formula is C18H18ClFN2O4.